The Balaban J connectivity index is 2.22. The second kappa shape index (κ2) is 10.1. The number of methoxy groups -OCH3 is 2. The van der Waals surface area contributed by atoms with Crippen molar-refractivity contribution in [3.63, 3.8) is 0 Å². The van der Waals surface area contributed by atoms with Gasteiger partial charge in [0.25, 0.3) is 0 Å². The number of ether oxygens (including phenoxy) is 2. The molecule has 0 spiro atoms. The van der Waals surface area contributed by atoms with Crippen LogP contribution in [0.2, 0.25) is 0 Å². The van der Waals surface area contributed by atoms with Crippen LogP contribution in [0.1, 0.15) is 69.7 Å². The molecule has 0 atom stereocenters. The number of carbonyl (C=O) groups is 2. The molecule has 0 radical (unpaired) electrons. The third-order valence-corrected chi connectivity index (χ3v) is 6.68. The minimum absolute atomic E-state index is 0.311. The summed E-state index contributed by atoms with van der Waals surface area (Å²) in [5.41, 5.74) is 8.82. The van der Waals surface area contributed by atoms with Gasteiger partial charge in [0.2, 0.25) is 0 Å². The summed E-state index contributed by atoms with van der Waals surface area (Å²) in [4.78, 5) is 26.5. The lowest BCUT2D eigenvalue weighted by atomic mass is 9.72. The van der Waals surface area contributed by atoms with Crippen LogP contribution in [0.5, 0.6) is 0 Å². The topological polar surface area (TPSA) is 52.6 Å². The summed E-state index contributed by atoms with van der Waals surface area (Å²) in [5.74, 6) is -1.02. The van der Waals surface area contributed by atoms with Crippen LogP contribution in [-0.4, -0.2) is 26.2 Å². The van der Waals surface area contributed by atoms with Gasteiger partial charge in [-0.05, 0) is 64.6 Å². The van der Waals surface area contributed by atoms with E-state index in [1.807, 2.05) is 43.3 Å². The van der Waals surface area contributed by atoms with Crippen molar-refractivity contribution in [2.24, 2.45) is 0 Å². The summed E-state index contributed by atoms with van der Waals surface area (Å²) in [7, 11) is 2.72. The molecule has 0 saturated carbocycles. The number of carbonyl (C=O) groups excluding carboxylic acids is 2. The predicted molar refractivity (Wildman–Crippen MR) is 136 cm³/mol. The summed E-state index contributed by atoms with van der Waals surface area (Å²) in [6.45, 7) is 4.10. The number of hydrogen-bond donors (Lipinski definition) is 0. The molecule has 0 saturated heterocycles. The monoisotopic (exact) mass is 454 g/mol. The molecule has 174 valence electrons. The van der Waals surface area contributed by atoms with Crippen molar-refractivity contribution >= 4 is 23.1 Å². The Morgan fingerprint density at radius 3 is 1.62 bits per heavy atom. The highest BCUT2D eigenvalue weighted by molar-refractivity contribution is 6.14. The smallest absolute Gasteiger partial charge is 0.339 e. The molecule has 1 aliphatic carbocycles. The molecule has 0 amide bonds. The first-order valence-electron chi connectivity index (χ1n) is 11.8. The Morgan fingerprint density at radius 1 is 0.647 bits per heavy atom. The van der Waals surface area contributed by atoms with Crippen molar-refractivity contribution in [1.29, 1.82) is 0 Å². The number of benzene rings is 3. The molecule has 4 nitrogen and oxygen atoms in total. The largest absolute Gasteiger partial charge is 0.465 e. The minimum atomic E-state index is -0.517. The molecule has 0 aliphatic heterocycles. The van der Waals surface area contributed by atoms with Crippen LogP contribution in [0.4, 0.5) is 0 Å². The Labute approximate surface area is 201 Å². The maximum atomic E-state index is 13.4. The quantitative estimate of drug-likeness (QED) is 0.370. The van der Waals surface area contributed by atoms with E-state index < -0.39 is 11.9 Å². The van der Waals surface area contributed by atoms with Gasteiger partial charge in [-0.15, -0.1) is 0 Å². The van der Waals surface area contributed by atoms with E-state index in [2.05, 4.69) is 31.2 Å². The zero-order chi connectivity index (χ0) is 24.2. The summed E-state index contributed by atoms with van der Waals surface area (Å²) in [6, 6.07) is 20.4. The molecular formula is C30H30O4. The molecule has 34 heavy (non-hydrogen) atoms. The van der Waals surface area contributed by atoms with Crippen LogP contribution >= 0.6 is 0 Å². The van der Waals surface area contributed by atoms with Crippen molar-refractivity contribution < 1.29 is 19.1 Å². The second-order valence-electron chi connectivity index (χ2n) is 8.34. The maximum absolute atomic E-state index is 13.4. The SMILES string of the molecule is CCc1c(CC)c(-c2ccccc2)c(C2=C(c3ccccc3)CC2)c(C(=O)OC)c1C(=O)OC. The number of hydrogen-bond acceptors (Lipinski definition) is 4. The molecule has 4 heteroatoms. The van der Waals surface area contributed by atoms with E-state index in [0.29, 0.717) is 17.5 Å². The van der Waals surface area contributed by atoms with Crippen LogP contribution in [0.3, 0.4) is 0 Å². The fourth-order valence-corrected chi connectivity index (χ4v) is 5.10. The minimum Gasteiger partial charge on any atom is -0.465 e. The first kappa shape index (κ1) is 23.5. The first-order valence-corrected chi connectivity index (χ1v) is 11.8. The molecule has 0 bridgehead atoms. The standard InChI is InChI=1S/C30H30O4/c1-5-21-22(6-2)27(29(31)33-3)28(30(32)34-4)26(25(21)20-15-11-8-12-16-20)24-18-17-23(24)19-13-9-7-10-14-19/h7-16H,5-6,17-18H2,1-4H3. The zero-order valence-electron chi connectivity index (χ0n) is 20.2. The Kier molecular flexibility index (Phi) is 6.97. The van der Waals surface area contributed by atoms with Gasteiger partial charge in [0.15, 0.2) is 0 Å². The number of allylic oxidation sites excluding steroid dienone is 2. The molecule has 0 heterocycles. The highest BCUT2D eigenvalue weighted by Crippen LogP contribution is 2.49. The maximum Gasteiger partial charge on any atom is 0.339 e. The lowest BCUT2D eigenvalue weighted by molar-refractivity contribution is 0.0554. The molecular weight excluding hydrogens is 424 g/mol. The molecule has 4 rings (SSSR count). The number of esters is 2. The van der Waals surface area contributed by atoms with E-state index in [-0.39, 0.29) is 0 Å². The van der Waals surface area contributed by atoms with Crippen LogP contribution < -0.4 is 0 Å². The van der Waals surface area contributed by atoms with Gasteiger partial charge < -0.3 is 9.47 Å². The van der Waals surface area contributed by atoms with E-state index in [0.717, 1.165) is 58.2 Å². The van der Waals surface area contributed by atoms with Crippen LogP contribution in [-0.2, 0) is 22.3 Å². The average Bonchev–Trinajstić information content (AvgIpc) is 2.87. The van der Waals surface area contributed by atoms with E-state index in [1.54, 1.807) is 0 Å². The summed E-state index contributed by atoms with van der Waals surface area (Å²) < 4.78 is 10.5. The fourth-order valence-electron chi connectivity index (χ4n) is 5.10. The van der Waals surface area contributed by atoms with Crippen LogP contribution in [0, 0.1) is 0 Å². The Hall–Kier alpha value is -3.66. The lowest BCUT2D eigenvalue weighted by Crippen LogP contribution is -2.21. The summed E-state index contributed by atoms with van der Waals surface area (Å²) in [6.07, 6.45) is 3.06. The zero-order valence-corrected chi connectivity index (χ0v) is 20.2. The fraction of sp³-hybridized carbons (Fsp3) is 0.267. The van der Waals surface area contributed by atoms with Crippen LogP contribution in [0.15, 0.2) is 60.7 Å². The molecule has 0 N–H and O–H groups in total. The van der Waals surface area contributed by atoms with Gasteiger partial charge in [-0.1, -0.05) is 74.5 Å². The van der Waals surface area contributed by atoms with Gasteiger partial charge in [-0.25, -0.2) is 9.59 Å². The summed E-state index contributed by atoms with van der Waals surface area (Å²) >= 11 is 0. The molecule has 0 aromatic heterocycles. The van der Waals surface area contributed by atoms with Gasteiger partial charge >= 0.3 is 11.9 Å². The highest BCUT2D eigenvalue weighted by atomic mass is 16.5. The van der Waals surface area contributed by atoms with Crippen molar-refractivity contribution in [2.45, 2.75) is 39.5 Å². The predicted octanol–water partition coefficient (Wildman–Crippen LogP) is 6.76. The second-order valence-corrected chi connectivity index (χ2v) is 8.34. The van der Waals surface area contributed by atoms with Crippen molar-refractivity contribution in [1.82, 2.24) is 0 Å². The Morgan fingerprint density at radius 2 is 1.15 bits per heavy atom. The van der Waals surface area contributed by atoms with E-state index in [1.165, 1.54) is 19.8 Å². The molecule has 3 aromatic rings. The highest BCUT2D eigenvalue weighted by Gasteiger charge is 2.35. The molecule has 0 fully saturated rings. The van der Waals surface area contributed by atoms with Gasteiger partial charge in [-0.2, -0.15) is 0 Å². The van der Waals surface area contributed by atoms with Gasteiger partial charge in [0.05, 0.1) is 25.3 Å². The van der Waals surface area contributed by atoms with Crippen molar-refractivity contribution in [2.75, 3.05) is 14.2 Å². The molecule has 0 unspecified atom stereocenters. The van der Waals surface area contributed by atoms with Gasteiger partial charge in [0, 0.05) is 5.56 Å². The van der Waals surface area contributed by atoms with E-state index >= 15 is 0 Å². The number of rotatable bonds is 7. The normalized spacial score (nSPS) is 12.8. The van der Waals surface area contributed by atoms with E-state index in [4.69, 9.17) is 9.47 Å². The van der Waals surface area contributed by atoms with Crippen LogP contribution in [0.25, 0.3) is 22.3 Å². The molecule has 3 aromatic carbocycles. The third-order valence-electron chi connectivity index (χ3n) is 6.68. The van der Waals surface area contributed by atoms with Crippen molar-refractivity contribution in [3.8, 4) is 11.1 Å². The van der Waals surface area contributed by atoms with Crippen molar-refractivity contribution in [3.05, 3.63) is 94.0 Å². The Bertz CT molecular complexity index is 1250. The van der Waals surface area contributed by atoms with Gasteiger partial charge in [-0.3, -0.25) is 0 Å². The third kappa shape index (κ3) is 3.94. The first-order chi connectivity index (χ1) is 16.6. The van der Waals surface area contributed by atoms with E-state index in [9.17, 15) is 9.59 Å². The van der Waals surface area contributed by atoms with Gasteiger partial charge in [0.1, 0.15) is 0 Å². The lowest BCUT2D eigenvalue weighted by Gasteiger charge is -2.31. The average molecular weight is 455 g/mol. The molecule has 1 aliphatic rings. The summed E-state index contributed by atoms with van der Waals surface area (Å²) in [5, 5.41) is 0.